The Morgan fingerprint density at radius 2 is 0.833 bits per heavy atom. The minimum absolute atomic E-state index is 0.263. The van der Waals surface area contributed by atoms with E-state index in [1.165, 1.54) is 134 Å². The lowest BCUT2D eigenvalue weighted by Crippen LogP contribution is -2.50. The summed E-state index contributed by atoms with van der Waals surface area (Å²) in [5.74, 6) is -1.57. The Kier molecular flexibility index (Phi) is 38.2. The van der Waals surface area contributed by atoms with E-state index in [1.54, 1.807) is 6.08 Å². The summed E-state index contributed by atoms with van der Waals surface area (Å²) in [6.45, 7) is 4.50. The van der Waals surface area contributed by atoms with Crippen LogP contribution in [-0.2, 0) is 14.9 Å². The van der Waals surface area contributed by atoms with Gasteiger partial charge in [-0.2, -0.15) is 8.42 Å². The van der Waals surface area contributed by atoms with E-state index in [0.717, 1.165) is 51.4 Å². The third kappa shape index (κ3) is 38.5. The number of nitrogens with one attached hydrogen (secondary N) is 1. The van der Waals surface area contributed by atoms with E-state index >= 15 is 0 Å². The Balaban J connectivity index is 4.01. The second kappa shape index (κ2) is 39.5. The van der Waals surface area contributed by atoms with Crippen molar-refractivity contribution in [2.45, 2.75) is 231 Å². The summed E-state index contributed by atoms with van der Waals surface area (Å²) >= 11 is 0. The van der Waals surface area contributed by atoms with Crippen molar-refractivity contribution in [2.24, 2.45) is 0 Å². The van der Waals surface area contributed by atoms with Crippen LogP contribution in [0.2, 0.25) is 0 Å². The van der Waals surface area contributed by atoms with Gasteiger partial charge in [0.05, 0.1) is 17.9 Å². The molecule has 0 aromatic heterocycles. The van der Waals surface area contributed by atoms with Gasteiger partial charge in [-0.25, -0.2) is 0 Å². The molecule has 0 aliphatic rings. The highest BCUT2D eigenvalue weighted by Crippen LogP contribution is 2.14. The van der Waals surface area contributed by atoms with E-state index in [4.69, 9.17) is 0 Å². The van der Waals surface area contributed by atoms with Crippen molar-refractivity contribution in [2.75, 3.05) is 5.75 Å². The number of aliphatic hydroxyl groups is 2. The number of carbonyl (C=O) groups excluding carboxylic acids is 1. The lowest BCUT2D eigenvalue weighted by Gasteiger charge is -2.22. The fourth-order valence-electron chi connectivity index (χ4n) is 6.60. The molecule has 1 amide bonds. The largest absolute Gasteiger partial charge is 0.387 e. The molecule has 0 saturated carbocycles. The number of unbranched alkanes of at least 4 members (excludes halogenated alkanes) is 25. The lowest BCUT2D eigenvalue weighted by molar-refractivity contribution is -0.130. The van der Waals surface area contributed by atoms with Crippen LogP contribution in [0.25, 0.3) is 0 Å². The fraction of sp³-hybridized carbons (Fsp3) is 0.804. The van der Waals surface area contributed by atoms with Crippen molar-refractivity contribution >= 4 is 16.0 Å². The molecule has 316 valence electrons. The predicted octanol–water partition coefficient (Wildman–Crippen LogP) is 12.4. The van der Waals surface area contributed by atoms with Crippen molar-refractivity contribution in [3.63, 3.8) is 0 Å². The first kappa shape index (κ1) is 52.3. The van der Waals surface area contributed by atoms with E-state index in [-0.39, 0.29) is 6.42 Å². The monoisotopic (exact) mass is 780 g/mol. The zero-order valence-electron chi connectivity index (χ0n) is 35.0. The van der Waals surface area contributed by atoms with Crippen LogP contribution in [-0.4, -0.2) is 53.1 Å². The quantitative estimate of drug-likeness (QED) is 0.0279. The molecule has 0 aromatic carbocycles. The molecular weight excluding hydrogens is 695 g/mol. The van der Waals surface area contributed by atoms with E-state index in [9.17, 15) is 28.0 Å². The van der Waals surface area contributed by atoms with Crippen LogP contribution in [0.1, 0.15) is 213 Å². The Hall–Kier alpha value is -1.74. The normalized spacial score (nSPS) is 14.2. The molecule has 7 nitrogen and oxygen atoms in total. The molecule has 3 unspecified atom stereocenters. The molecule has 0 rings (SSSR count). The topological polar surface area (TPSA) is 124 Å². The lowest BCUT2D eigenvalue weighted by atomic mass is 10.0. The molecule has 0 saturated heterocycles. The van der Waals surface area contributed by atoms with Crippen LogP contribution in [0.3, 0.4) is 0 Å². The van der Waals surface area contributed by atoms with Crippen LogP contribution < -0.4 is 5.32 Å². The van der Waals surface area contributed by atoms with Crippen molar-refractivity contribution in [1.29, 1.82) is 0 Å². The average Bonchev–Trinajstić information content (AvgIpc) is 3.14. The molecule has 0 bridgehead atoms. The van der Waals surface area contributed by atoms with Crippen LogP contribution in [0.5, 0.6) is 0 Å². The first-order chi connectivity index (χ1) is 26.2. The number of allylic oxidation sites excluding steroid dienone is 7. The fourth-order valence-corrected chi connectivity index (χ4v) is 7.33. The van der Waals surface area contributed by atoms with Gasteiger partial charge in [0, 0.05) is 0 Å². The predicted molar refractivity (Wildman–Crippen MR) is 231 cm³/mol. The molecule has 54 heavy (non-hydrogen) atoms. The van der Waals surface area contributed by atoms with E-state index < -0.39 is 40.0 Å². The summed E-state index contributed by atoms with van der Waals surface area (Å²) in [4.78, 5) is 12.6. The number of carbonyl (C=O) groups is 1. The highest BCUT2D eigenvalue weighted by molar-refractivity contribution is 7.85. The first-order valence-corrected chi connectivity index (χ1v) is 24.1. The summed E-state index contributed by atoms with van der Waals surface area (Å²) in [6, 6.07) is -1.26. The van der Waals surface area contributed by atoms with E-state index in [2.05, 4.69) is 55.6 Å². The second-order valence-corrected chi connectivity index (χ2v) is 16.9. The number of aliphatic hydroxyl groups excluding tert-OH is 2. The Labute approximate surface area is 333 Å². The van der Waals surface area contributed by atoms with Gasteiger partial charge in [-0.1, -0.05) is 191 Å². The standard InChI is InChI=1S/C46H85NO6S/c1-3-5-7-9-11-13-15-17-19-20-21-22-23-24-25-27-29-31-33-35-37-39-41-45(49)46(50)47-43(42-54(51,52)53)44(48)40-38-36-34-32-30-28-26-18-16-14-12-10-8-6-4-2/h16,18,24-25,30,32,38,40,43-45,48-49H,3-15,17,19-23,26-29,31,33-37,39,41-42H2,1-2H3,(H,47,50)(H,51,52,53)/b18-16+,25-24-,32-30+,40-38+. The molecule has 0 aliphatic heterocycles. The average molecular weight is 780 g/mol. The van der Waals surface area contributed by atoms with Crippen molar-refractivity contribution in [1.82, 2.24) is 5.32 Å². The molecule has 0 heterocycles. The minimum Gasteiger partial charge on any atom is -0.387 e. The molecule has 3 atom stereocenters. The third-order valence-corrected chi connectivity index (χ3v) is 10.8. The van der Waals surface area contributed by atoms with E-state index in [1.807, 2.05) is 0 Å². The highest BCUT2D eigenvalue weighted by Gasteiger charge is 2.27. The maximum absolute atomic E-state index is 12.6. The molecular formula is C46H85NO6S. The van der Waals surface area contributed by atoms with Gasteiger partial charge in [-0.05, 0) is 70.6 Å². The Morgan fingerprint density at radius 3 is 1.22 bits per heavy atom. The van der Waals surface area contributed by atoms with Gasteiger partial charge < -0.3 is 15.5 Å². The van der Waals surface area contributed by atoms with Gasteiger partial charge in [0.2, 0.25) is 5.91 Å². The summed E-state index contributed by atoms with van der Waals surface area (Å²) in [5, 5.41) is 23.4. The maximum Gasteiger partial charge on any atom is 0.267 e. The number of hydrogen-bond donors (Lipinski definition) is 4. The van der Waals surface area contributed by atoms with Gasteiger partial charge in [0.15, 0.2) is 0 Å². The summed E-state index contributed by atoms with van der Waals surface area (Å²) < 4.78 is 32.5. The van der Waals surface area contributed by atoms with Crippen LogP contribution >= 0.6 is 0 Å². The van der Waals surface area contributed by atoms with Crippen LogP contribution in [0, 0.1) is 0 Å². The van der Waals surface area contributed by atoms with E-state index in [0.29, 0.717) is 12.8 Å². The SMILES string of the molecule is CCCCCCC/C=C/CC/C=C/CC/C=C/C(O)C(CS(=O)(=O)O)NC(=O)C(O)CCCCCCCC/C=C\CCCCCCCCCCCCCC. The molecule has 0 aliphatic carbocycles. The first-order valence-electron chi connectivity index (χ1n) is 22.4. The Morgan fingerprint density at radius 1 is 0.500 bits per heavy atom. The minimum atomic E-state index is -4.46. The highest BCUT2D eigenvalue weighted by atomic mass is 32.2. The number of hydrogen-bond acceptors (Lipinski definition) is 5. The zero-order chi connectivity index (χ0) is 39.8. The summed E-state index contributed by atoms with van der Waals surface area (Å²) in [6.07, 6.45) is 50.3. The van der Waals surface area contributed by atoms with Gasteiger partial charge in [-0.3, -0.25) is 9.35 Å². The van der Waals surface area contributed by atoms with Crippen molar-refractivity contribution < 1.29 is 28.0 Å². The van der Waals surface area contributed by atoms with Crippen LogP contribution in [0.4, 0.5) is 0 Å². The summed E-state index contributed by atoms with van der Waals surface area (Å²) in [5.41, 5.74) is 0. The van der Waals surface area contributed by atoms with Crippen LogP contribution in [0.15, 0.2) is 48.6 Å². The molecule has 0 fully saturated rings. The second-order valence-electron chi connectivity index (χ2n) is 15.4. The molecule has 8 heteroatoms. The molecule has 0 aromatic rings. The van der Waals surface area contributed by atoms with Gasteiger partial charge >= 0.3 is 0 Å². The van der Waals surface area contributed by atoms with Gasteiger partial charge in [0.25, 0.3) is 10.1 Å². The number of rotatable bonds is 40. The van der Waals surface area contributed by atoms with Crippen molar-refractivity contribution in [3.05, 3.63) is 48.6 Å². The third-order valence-electron chi connectivity index (χ3n) is 10.1. The number of amides is 1. The zero-order valence-corrected chi connectivity index (χ0v) is 35.8. The maximum atomic E-state index is 12.6. The smallest absolute Gasteiger partial charge is 0.267 e. The van der Waals surface area contributed by atoms with Gasteiger partial charge in [0.1, 0.15) is 6.10 Å². The van der Waals surface area contributed by atoms with Gasteiger partial charge in [-0.15, -0.1) is 0 Å². The molecule has 0 spiro atoms. The van der Waals surface area contributed by atoms with Crippen molar-refractivity contribution in [3.8, 4) is 0 Å². The molecule has 0 radical (unpaired) electrons. The Bertz CT molecular complexity index is 1050. The molecule has 4 N–H and O–H groups in total. The summed E-state index contributed by atoms with van der Waals surface area (Å²) in [7, 11) is -4.46.